The first-order chi connectivity index (χ1) is 24.1. The number of halogens is 1. The topological polar surface area (TPSA) is 105 Å². The number of benzene rings is 5. The number of amides is 3. The molecular formula is C42H45FN4O3. The van der Waals surface area contributed by atoms with E-state index in [4.69, 9.17) is 5.73 Å². The highest BCUT2D eigenvalue weighted by molar-refractivity contribution is 5.97. The van der Waals surface area contributed by atoms with Crippen LogP contribution in [-0.2, 0) is 22.4 Å². The zero-order valence-electron chi connectivity index (χ0n) is 28.8. The molecule has 0 aliphatic carbocycles. The Morgan fingerprint density at radius 2 is 1.36 bits per heavy atom. The summed E-state index contributed by atoms with van der Waals surface area (Å²) in [5.74, 6) is -1.55. The van der Waals surface area contributed by atoms with Crippen LogP contribution >= 0.6 is 0 Å². The molecule has 258 valence electrons. The van der Waals surface area contributed by atoms with E-state index in [1.165, 1.54) is 40.8 Å². The molecule has 7 nitrogen and oxygen atoms in total. The van der Waals surface area contributed by atoms with Gasteiger partial charge in [0.25, 0.3) is 5.91 Å². The third kappa shape index (κ3) is 11.5. The molecule has 5 aromatic carbocycles. The maximum atomic E-state index is 13.4. The lowest BCUT2D eigenvalue weighted by atomic mass is 10.0. The highest BCUT2D eigenvalue weighted by Gasteiger charge is 2.27. The molecule has 0 fully saturated rings. The van der Waals surface area contributed by atoms with Crippen molar-refractivity contribution in [2.24, 2.45) is 5.73 Å². The normalized spacial score (nSPS) is 11.7. The standard InChI is InChI=1S/C29H33FN4O3.C13H12/c1-20(31)23-9-6-10-24(18-23)28(36)33-19-27(35)34(2)26(17-22-11-13-25(30)14-12-22)29(37)32-16-15-21-7-4-3-5-8-21;1-11-7-9-13(10-8-11)12-5-3-2-4-6-12/h3-14,18,20,26H,15-17,19,31H2,1-2H3,(H,32,37)(H,33,36);2-10H,1H3. The van der Waals surface area contributed by atoms with Crippen molar-refractivity contribution in [3.8, 4) is 11.1 Å². The highest BCUT2D eigenvalue weighted by Crippen LogP contribution is 2.19. The predicted octanol–water partition coefficient (Wildman–Crippen LogP) is 6.67. The lowest BCUT2D eigenvalue weighted by molar-refractivity contribution is -0.138. The first kappa shape index (κ1) is 37.2. The number of nitrogens with zero attached hydrogens (tertiary/aromatic N) is 1. The molecule has 0 aliphatic rings. The number of carbonyl (C=O) groups excluding carboxylic acids is 3. The molecule has 3 amide bonds. The number of carbonyl (C=O) groups is 3. The Morgan fingerprint density at radius 3 is 2.00 bits per heavy atom. The Hall–Kier alpha value is -5.60. The van der Waals surface area contributed by atoms with Crippen molar-refractivity contribution >= 4 is 17.7 Å². The van der Waals surface area contributed by atoms with E-state index >= 15 is 0 Å². The highest BCUT2D eigenvalue weighted by atomic mass is 19.1. The first-order valence-corrected chi connectivity index (χ1v) is 16.7. The van der Waals surface area contributed by atoms with E-state index in [0.717, 1.165) is 11.1 Å². The summed E-state index contributed by atoms with van der Waals surface area (Å²) in [6, 6.07) is 40.4. The molecule has 5 aromatic rings. The smallest absolute Gasteiger partial charge is 0.251 e. The van der Waals surface area contributed by atoms with Crippen LogP contribution in [-0.4, -0.2) is 48.8 Å². The Bertz CT molecular complexity index is 1810. The molecule has 0 aromatic heterocycles. The third-order valence-electron chi connectivity index (χ3n) is 8.30. The van der Waals surface area contributed by atoms with Crippen LogP contribution < -0.4 is 16.4 Å². The van der Waals surface area contributed by atoms with Gasteiger partial charge in [-0.15, -0.1) is 0 Å². The Morgan fingerprint density at radius 1 is 0.740 bits per heavy atom. The summed E-state index contributed by atoms with van der Waals surface area (Å²) < 4.78 is 13.4. The number of hydrogen-bond donors (Lipinski definition) is 3. The maximum Gasteiger partial charge on any atom is 0.251 e. The summed E-state index contributed by atoms with van der Waals surface area (Å²) in [6.45, 7) is 4.04. The second kappa shape index (κ2) is 18.8. The van der Waals surface area contributed by atoms with Gasteiger partial charge < -0.3 is 21.3 Å². The van der Waals surface area contributed by atoms with Gasteiger partial charge in [-0.05, 0) is 72.4 Å². The molecule has 0 heterocycles. The van der Waals surface area contributed by atoms with E-state index in [0.29, 0.717) is 24.1 Å². The van der Waals surface area contributed by atoms with Crippen molar-refractivity contribution in [3.63, 3.8) is 0 Å². The SMILES string of the molecule is CC(N)c1cccc(C(=O)NCC(=O)N(C)C(Cc2ccc(F)cc2)C(=O)NCCc2ccccc2)c1.Cc1ccc(-c2ccccc2)cc1. The molecule has 0 radical (unpaired) electrons. The van der Waals surface area contributed by atoms with Gasteiger partial charge in [-0.2, -0.15) is 0 Å². The fourth-order valence-corrected chi connectivity index (χ4v) is 5.24. The molecule has 0 aliphatic heterocycles. The molecule has 5 rings (SSSR count). The van der Waals surface area contributed by atoms with Gasteiger partial charge in [0.1, 0.15) is 11.9 Å². The van der Waals surface area contributed by atoms with Gasteiger partial charge in [0.05, 0.1) is 6.54 Å². The van der Waals surface area contributed by atoms with Crippen molar-refractivity contribution in [2.75, 3.05) is 20.1 Å². The van der Waals surface area contributed by atoms with Crippen LogP contribution in [0.3, 0.4) is 0 Å². The second-order valence-electron chi connectivity index (χ2n) is 12.2. The molecule has 2 unspecified atom stereocenters. The van der Waals surface area contributed by atoms with Crippen LogP contribution in [0.15, 0.2) is 133 Å². The molecule has 0 saturated heterocycles. The van der Waals surface area contributed by atoms with Gasteiger partial charge in [-0.1, -0.05) is 115 Å². The molecule has 0 bridgehead atoms. The van der Waals surface area contributed by atoms with Gasteiger partial charge in [-0.3, -0.25) is 14.4 Å². The predicted molar refractivity (Wildman–Crippen MR) is 198 cm³/mol. The molecule has 0 spiro atoms. The van der Waals surface area contributed by atoms with Crippen molar-refractivity contribution < 1.29 is 18.8 Å². The number of nitrogens with one attached hydrogen (secondary N) is 2. The van der Waals surface area contributed by atoms with E-state index in [-0.39, 0.29) is 30.7 Å². The minimum atomic E-state index is -0.841. The van der Waals surface area contributed by atoms with E-state index in [1.807, 2.05) is 49.4 Å². The fourth-order valence-electron chi connectivity index (χ4n) is 5.24. The minimum Gasteiger partial charge on any atom is -0.354 e. The lowest BCUT2D eigenvalue weighted by Gasteiger charge is -2.28. The Balaban J connectivity index is 0.000000358. The van der Waals surface area contributed by atoms with E-state index in [9.17, 15) is 18.8 Å². The van der Waals surface area contributed by atoms with Crippen molar-refractivity contribution in [2.45, 2.75) is 38.8 Å². The lowest BCUT2D eigenvalue weighted by Crippen LogP contribution is -2.51. The second-order valence-corrected chi connectivity index (χ2v) is 12.2. The van der Waals surface area contributed by atoms with Gasteiger partial charge in [0, 0.05) is 31.6 Å². The van der Waals surface area contributed by atoms with Crippen LogP contribution in [0.1, 0.15) is 45.6 Å². The van der Waals surface area contributed by atoms with E-state index in [1.54, 1.807) is 30.3 Å². The number of rotatable bonds is 12. The largest absolute Gasteiger partial charge is 0.354 e. The van der Waals surface area contributed by atoms with Crippen molar-refractivity contribution in [1.29, 1.82) is 0 Å². The summed E-state index contributed by atoms with van der Waals surface area (Å²) in [4.78, 5) is 40.1. The minimum absolute atomic E-state index is 0.198. The molecule has 50 heavy (non-hydrogen) atoms. The third-order valence-corrected chi connectivity index (χ3v) is 8.30. The van der Waals surface area contributed by atoms with E-state index in [2.05, 4.69) is 66.1 Å². The fraction of sp³-hybridized carbons (Fsp3) is 0.214. The van der Waals surface area contributed by atoms with Crippen LogP contribution in [0.25, 0.3) is 11.1 Å². The summed E-state index contributed by atoms with van der Waals surface area (Å²) in [6.07, 6.45) is 0.841. The zero-order chi connectivity index (χ0) is 35.9. The molecule has 8 heteroatoms. The number of aryl methyl sites for hydroxylation is 1. The monoisotopic (exact) mass is 672 g/mol. The average molecular weight is 673 g/mol. The number of hydrogen-bond acceptors (Lipinski definition) is 4. The van der Waals surface area contributed by atoms with Crippen molar-refractivity contribution in [3.05, 3.63) is 167 Å². The average Bonchev–Trinajstić information content (AvgIpc) is 3.14. The van der Waals surface area contributed by atoms with Crippen LogP contribution in [0.4, 0.5) is 4.39 Å². The summed E-state index contributed by atoms with van der Waals surface area (Å²) in [7, 11) is 1.52. The summed E-state index contributed by atoms with van der Waals surface area (Å²) >= 11 is 0. The molecule has 4 N–H and O–H groups in total. The number of likely N-dealkylation sites (N-methyl/N-ethyl adjacent to an activating group) is 1. The van der Waals surface area contributed by atoms with Crippen molar-refractivity contribution in [1.82, 2.24) is 15.5 Å². The number of nitrogens with two attached hydrogens (primary N) is 1. The van der Waals surface area contributed by atoms with Gasteiger partial charge >= 0.3 is 0 Å². The zero-order valence-corrected chi connectivity index (χ0v) is 28.8. The first-order valence-electron chi connectivity index (χ1n) is 16.7. The molecule has 2 atom stereocenters. The van der Waals surface area contributed by atoms with Crippen LogP contribution in [0.5, 0.6) is 0 Å². The van der Waals surface area contributed by atoms with E-state index < -0.39 is 17.9 Å². The summed E-state index contributed by atoms with van der Waals surface area (Å²) in [5, 5.41) is 5.52. The Kier molecular flexibility index (Phi) is 14.0. The quantitative estimate of drug-likeness (QED) is 0.138. The Labute approximate surface area is 294 Å². The molecule has 0 saturated carbocycles. The maximum absolute atomic E-state index is 13.4. The van der Waals surface area contributed by atoms with Gasteiger partial charge in [0.2, 0.25) is 11.8 Å². The van der Waals surface area contributed by atoms with Crippen LogP contribution in [0, 0.1) is 12.7 Å². The summed E-state index contributed by atoms with van der Waals surface area (Å²) in [5.41, 5.74) is 12.8. The molecular weight excluding hydrogens is 627 g/mol. The van der Waals surface area contributed by atoms with Gasteiger partial charge in [0.15, 0.2) is 0 Å². The van der Waals surface area contributed by atoms with Crippen LogP contribution in [0.2, 0.25) is 0 Å². The van der Waals surface area contributed by atoms with Gasteiger partial charge in [-0.25, -0.2) is 4.39 Å².